The highest BCUT2D eigenvalue weighted by Crippen LogP contribution is 2.49. The van der Waals surface area contributed by atoms with Gasteiger partial charge in [0.15, 0.2) is 6.10 Å². The van der Waals surface area contributed by atoms with Crippen LogP contribution in [0.25, 0.3) is 0 Å². The molecule has 1 aliphatic rings. The number of esters is 2. The Labute approximate surface area is 414 Å². The fourth-order valence-corrected chi connectivity index (χ4v) is 7.94. The lowest BCUT2D eigenvalue weighted by Crippen LogP contribution is -2.64. The molecule has 0 aromatic rings. The smallest absolute Gasteiger partial charge is 0.462 e. The van der Waals surface area contributed by atoms with E-state index in [4.69, 9.17) is 18.5 Å². The van der Waals surface area contributed by atoms with E-state index in [1.165, 1.54) is 0 Å². The lowest BCUT2D eigenvalue weighted by molar-refractivity contribution is -0.216. The van der Waals surface area contributed by atoms with Gasteiger partial charge in [-0.15, -0.1) is 0 Å². The van der Waals surface area contributed by atoms with Crippen molar-refractivity contribution < 1.29 is 82.0 Å². The number of allylic oxidation sites excluding steroid dienone is 18. The molecule has 1 rings (SSSR count). The number of phosphoric acid groups is 2. The number of carbonyl (C=O) groups excluding carboxylic acids is 2. The minimum atomic E-state index is -5.39. The normalized spacial score (nSPS) is 22.5. The molecule has 0 heterocycles. The van der Waals surface area contributed by atoms with Gasteiger partial charge in [-0.3, -0.25) is 23.2 Å². The summed E-state index contributed by atoms with van der Waals surface area (Å²) in [6, 6.07) is 0. The summed E-state index contributed by atoms with van der Waals surface area (Å²) >= 11 is 0. The Hall–Kier alpha value is -3.64. The molecule has 0 saturated heterocycles. The number of carbonyl (C=O) groups is 2. The minimum Gasteiger partial charge on any atom is -0.462 e. The van der Waals surface area contributed by atoms with E-state index in [2.05, 4.69) is 72.2 Å². The first-order valence-electron chi connectivity index (χ1n) is 24.2. The van der Waals surface area contributed by atoms with E-state index in [0.29, 0.717) is 32.1 Å². The standard InChI is InChI=1S/C51H80O17P2/c1-3-5-7-8-9-10-11-12-13-14-15-16-17-18-22-25-28-31-34-38-44(53)64-40-43(41-65-70(62,63)68-51-48(57)46(55)47(56)50(49(51)58)67-69(59,60)61)66-45(54)39-35-32-29-26-23-20-19-21-24-27-30-33-37-42(52)36-6-4-2/h5-7,9-10,12-13,15-16,18-20,22,24,26-27,29-30,33,36,42-43,46-52,55-58H,3-4,8,11,14,17,21,23,25,28,31-32,34-35,37-41H2,1-2H3,(H,62,63)(H2,59,60,61)/b7-5-,10-9-,13-12-,16-15-,20-19-,22-18-,27-24-,29-26-,33-30+,36-6-/t42?,43-,46?,47?,48?,49?,50-,51+/m1/s1. The van der Waals surface area contributed by atoms with Crippen molar-refractivity contribution in [2.75, 3.05) is 13.2 Å². The van der Waals surface area contributed by atoms with Gasteiger partial charge in [0.05, 0.1) is 12.7 Å². The number of hydrogen-bond acceptors (Lipinski definition) is 14. The molecular formula is C51H80O17P2. The maximum atomic E-state index is 13.0. The van der Waals surface area contributed by atoms with E-state index in [-0.39, 0.29) is 12.8 Å². The molecule has 0 aliphatic heterocycles. The van der Waals surface area contributed by atoms with Crippen LogP contribution in [-0.4, -0.2) is 114 Å². The molecule has 0 radical (unpaired) electrons. The second kappa shape index (κ2) is 39.9. The van der Waals surface area contributed by atoms with Crippen LogP contribution in [0.4, 0.5) is 0 Å². The van der Waals surface area contributed by atoms with Gasteiger partial charge >= 0.3 is 27.6 Å². The molecule has 0 aromatic carbocycles. The zero-order chi connectivity index (χ0) is 51.9. The van der Waals surface area contributed by atoms with Gasteiger partial charge in [-0.25, -0.2) is 9.13 Å². The van der Waals surface area contributed by atoms with Crippen molar-refractivity contribution in [3.63, 3.8) is 0 Å². The minimum absolute atomic E-state index is 0.0526. The predicted octanol–water partition coefficient (Wildman–Crippen LogP) is 8.47. The van der Waals surface area contributed by atoms with E-state index in [1.54, 1.807) is 6.08 Å². The number of phosphoric ester groups is 2. The lowest BCUT2D eigenvalue weighted by Gasteiger charge is -2.43. The predicted molar refractivity (Wildman–Crippen MR) is 270 cm³/mol. The van der Waals surface area contributed by atoms with Gasteiger partial charge in [0, 0.05) is 12.8 Å². The Bertz CT molecular complexity index is 1830. The summed E-state index contributed by atoms with van der Waals surface area (Å²) in [5.74, 6) is -1.35. The van der Waals surface area contributed by atoms with Crippen LogP contribution in [-0.2, 0) is 41.8 Å². The van der Waals surface area contributed by atoms with Gasteiger partial charge in [0.2, 0.25) is 0 Å². The SMILES string of the molecule is CC/C=C\C/C=C\C/C=C\C/C=C\C/C=C\CCCCCC(=O)OC[C@H](COP(=O)(O)O[C@H]1C(O)C(O)C(O)[C@@H](OP(=O)(O)O)C1O)OC(=O)CCC/C=C\C/C=C\C/C=C\C=C\CC(O)/C=C\CC. The molecule has 70 heavy (non-hydrogen) atoms. The van der Waals surface area contributed by atoms with E-state index >= 15 is 0 Å². The second-order valence-electron chi connectivity index (χ2n) is 16.3. The first-order valence-corrected chi connectivity index (χ1v) is 27.2. The number of aliphatic hydroxyl groups is 5. The zero-order valence-corrected chi connectivity index (χ0v) is 42.5. The van der Waals surface area contributed by atoms with Crippen molar-refractivity contribution in [2.45, 2.75) is 172 Å². The van der Waals surface area contributed by atoms with E-state index in [1.807, 2.05) is 61.6 Å². The molecule has 396 valence electrons. The quantitative estimate of drug-likeness (QED) is 0.00946. The number of ether oxygens (including phenoxy) is 2. The Morgan fingerprint density at radius 3 is 1.57 bits per heavy atom. The van der Waals surface area contributed by atoms with Gasteiger partial charge in [-0.05, 0) is 89.9 Å². The fraction of sp³-hybridized carbons (Fsp3) is 0.569. The summed E-state index contributed by atoms with van der Waals surface area (Å²) in [6.07, 6.45) is 36.4. The second-order valence-corrected chi connectivity index (χ2v) is 18.9. The van der Waals surface area contributed by atoms with Gasteiger partial charge in [-0.2, -0.15) is 0 Å². The lowest BCUT2D eigenvalue weighted by atomic mass is 9.85. The molecule has 1 saturated carbocycles. The van der Waals surface area contributed by atoms with Crippen molar-refractivity contribution in [1.82, 2.24) is 0 Å². The third-order valence-electron chi connectivity index (χ3n) is 10.1. The van der Waals surface area contributed by atoms with Crippen LogP contribution in [0, 0.1) is 0 Å². The van der Waals surface area contributed by atoms with Crippen molar-refractivity contribution in [3.8, 4) is 0 Å². The van der Waals surface area contributed by atoms with E-state index in [9.17, 15) is 58.9 Å². The van der Waals surface area contributed by atoms with E-state index in [0.717, 1.165) is 64.2 Å². The molecule has 9 atom stereocenters. The maximum absolute atomic E-state index is 13.0. The van der Waals surface area contributed by atoms with Crippen LogP contribution < -0.4 is 0 Å². The highest BCUT2D eigenvalue weighted by molar-refractivity contribution is 7.47. The van der Waals surface area contributed by atoms with Crippen molar-refractivity contribution in [3.05, 3.63) is 122 Å². The van der Waals surface area contributed by atoms with Gasteiger partial charge in [0.1, 0.15) is 43.2 Å². The monoisotopic (exact) mass is 1030 g/mol. The largest absolute Gasteiger partial charge is 0.472 e. The fourth-order valence-electron chi connectivity index (χ4n) is 6.40. The Kier molecular flexibility index (Phi) is 36.7. The Morgan fingerprint density at radius 1 is 0.529 bits per heavy atom. The molecule has 17 nitrogen and oxygen atoms in total. The molecule has 0 spiro atoms. The maximum Gasteiger partial charge on any atom is 0.472 e. The van der Waals surface area contributed by atoms with Gasteiger partial charge in [0.25, 0.3) is 0 Å². The average molecular weight is 1030 g/mol. The van der Waals surface area contributed by atoms with E-state index < -0.39 is 89.6 Å². The van der Waals surface area contributed by atoms with Crippen LogP contribution in [0.2, 0.25) is 0 Å². The number of aliphatic hydroxyl groups excluding tert-OH is 5. The summed E-state index contributed by atoms with van der Waals surface area (Å²) in [4.78, 5) is 54.3. The van der Waals surface area contributed by atoms with Gasteiger partial charge in [-0.1, -0.05) is 142 Å². The third-order valence-corrected chi connectivity index (χ3v) is 11.6. The summed E-state index contributed by atoms with van der Waals surface area (Å²) < 4.78 is 49.3. The Morgan fingerprint density at radius 2 is 1.01 bits per heavy atom. The molecule has 0 aromatic heterocycles. The topological polar surface area (TPSA) is 276 Å². The van der Waals surface area contributed by atoms with Crippen LogP contribution in [0.3, 0.4) is 0 Å². The first-order chi connectivity index (χ1) is 33.5. The number of unbranched alkanes of at least 4 members (excludes halogenated alkanes) is 4. The molecular weight excluding hydrogens is 946 g/mol. The summed E-state index contributed by atoms with van der Waals surface area (Å²) in [6.45, 7) is 2.67. The zero-order valence-electron chi connectivity index (χ0n) is 40.7. The van der Waals surface area contributed by atoms with Crippen molar-refractivity contribution in [1.29, 1.82) is 0 Å². The highest BCUT2D eigenvalue weighted by Gasteiger charge is 2.54. The summed E-state index contributed by atoms with van der Waals surface area (Å²) in [5.41, 5.74) is 0. The first kappa shape index (κ1) is 64.4. The average Bonchev–Trinajstić information content (AvgIpc) is 3.31. The van der Waals surface area contributed by atoms with Crippen LogP contribution in [0.1, 0.15) is 123 Å². The molecule has 19 heteroatoms. The summed E-state index contributed by atoms with van der Waals surface area (Å²) in [5, 5.41) is 51.1. The molecule has 1 aliphatic carbocycles. The third kappa shape index (κ3) is 33.9. The van der Waals surface area contributed by atoms with Crippen LogP contribution in [0.15, 0.2) is 122 Å². The van der Waals surface area contributed by atoms with Crippen molar-refractivity contribution >= 4 is 27.6 Å². The molecule has 8 N–H and O–H groups in total. The molecule has 1 fully saturated rings. The Balaban J connectivity index is 2.66. The van der Waals surface area contributed by atoms with Crippen molar-refractivity contribution in [2.24, 2.45) is 0 Å². The number of rotatable bonds is 38. The van der Waals surface area contributed by atoms with Crippen LogP contribution >= 0.6 is 15.6 Å². The van der Waals surface area contributed by atoms with Crippen LogP contribution in [0.5, 0.6) is 0 Å². The molecule has 0 bridgehead atoms. The highest BCUT2D eigenvalue weighted by atomic mass is 31.2. The molecule has 6 unspecified atom stereocenters. The van der Waals surface area contributed by atoms with Gasteiger partial charge < -0.3 is 49.7 Å². The molecule has 0 amide bonds. The summed E-state index contributed by atoms with van der Waals surface area (Å²) in [7, 11) is -10.7. The number of hydrogen-bond donors (Lipinski definition) is 8.